The molecule has 0 unspecified atom stereocenters. The summed E-state index contributed by atoms with van der Waals surface area (Å²) < 4.78 is 6.40. The second-order valence-electron chi connectivity index (χ2n) is 4.86. The number of nitriles is 1. The SMILES string of the molecule is N#CCCN(Cc1ccco1)C(=O)c1cc2ccccc2s1. The molecule has 0 N–H and O–H groups in total. The molecule has 5 heteroatoms. The second-order valence-corrected chi connectivity index (χ2v) is 5.95. The van der Waals surface area contributed by atoms with Crippen molar-refractivity contribution in [2.45, 2.75) is 13.0 Å². The lowest BCUT2D eigenvalue weighted by Crippen LogP contribution is -2.30. The van der Waals surface area contributed by atoms with Crippen molar-refractivity contribution in [3.63, 3.8) is 0 Å². The summed E-state index contributed by atoms with van der Waals surface area (Å²) in [6, 6.07) is 15.5. The number of thiophene rings is 1. The zero-order chi connectivity index (χ0) is 15.4. The molecule has 3 rings (SSSR count). The molecule has 4 nitrogen and oxygen atoms in total. The maximum absolute atomic E-state index is 12.7. The van der Waals surface area contributed by atoms with E-state index in [-0.39, 0.29) is 5.91 Å². The molecule has 22 heavy (non-hydrogen) atoms. The highest BCUT2D eigenvalue weighted by Crippen LogP contribution is 2.26. The summed E-state index contributed by atoms with van der Waals surface area (Å²) >= 11 is 1.48. The number of furan rings is 1. The van der Waals surface area contributed by atoms with Crippen LogP contribution in [0.4, 0.5) is 0 Å². The third-order valence-corrected chi connectivity index (χ3v) is 4.45. The van der Waals surface area contributed by atoms with Crippen LogP contribution in [0.3, 0.4) is 0 Å². The van der Waals surface area contributed by atoms with E-state index < -0.39 is 0 Å². The van der Waals surface area contributed by atoms with Gasteiger partial charge in [0.05, 0.1) is 30.2 Å². The molecule has 0 spiro atoms. The Labute approximate surface area is 132 Å². The smallest absolute Gasteiger partial charge is 0.264 e. The average Bonchev–Trinajstić information content (AvgIpc) is 3.19. The molecule has 0 saturated heterocycles. The lowest BCUT2D eigenvalue weighted by atomic mass is 10.2. The topological polar surface area (TPSA) is 57.2 Å². The summed E-state index contributed by atoms with van der Waals surface area (Å²) in [6.07, 6.45) is 1.89. The first-order valence-electron chi connectivity index (χ1n) is 6.95. The lowest BCUT2D eigenvalue weighted by Gasteiger charge is -2.19. The second kappa shape index (κ2) is 6.46. The summed E-state index contributed by atoms with van der Waals surface area (Å²) in [4.78, 5) is 15.1. The van der Waals surface area contributed by atoms with Gasteiger partial charge in [-0.1, -0.05) is 18.2 Å². The largest absolute Gasteiger partial charge is 0.467 e. The first-order chi connectivity index (χ1) is 10.8. The zero-order valence-electron chi connectivity index (χ0n) is 11.9. The van der Waals surface area contributed by atoms with E-state index in [1.807, 2.05) is 36.4 Å². The maximum atomic E-state index is 12.7. The summed E-state index contributed by atoms with van der Waals surface area (Å²) in [6.45, 7) is 0.770. The third-order valence-electron chi connectivity index (χ3n) is 3.34. The minimum Gasteiger partial charge on any atom is -0.467 e. The summed E-state index contributed by atoms with van der Waals surface area (Å²) in [5.41, 5.74) is 0. The van der Waals surface area contributed by atoms with Gasteiger partial charge in [-0.15, -0.1) is 11.3 Å². The Morgan fingerprint density at radius 3 is 2.86 bits per heavy atom. The summed E-state index contributed by atoms with van der Waals surface area (Å²) in [5.74, 6) is 0.653. The Morgan fingerprint density at radius 2 is 2.14 bits per heavy atom. The molecule has 2 aromatic heterocycles. The van der Waals surface area contributed by atoms with Crippen molar-refractivity contribution in [2.75, 3.05) is 6.54 Å². The Hall–Kier alpha value is -2.58. The van der Waals surface area contributed by atoms with E-state index in [2.05, 4.69) is 6.07 Å². The molecule has 0 bridgehead atoms. The van der Waals surface area contributed by atoms with Gasteiger partial charge in [-0.25, -0.2) is 0 Å². The molecule has 0 atom stereocenters. The molecule has 0 saturated carbocycles. The quantitative estimate of drug-likeness (QED) is 0.714. The molecule has 1 aromatic carbocycles. The normalized spacial score (nSPS) is 10.5. The highest BCUT2D eigenvalue weighted by molar-refractivity contribution is 7.20. The zero-order valence-corrected chi connectivity index (χ0v) is 12.7. The van der Waals surface area contributed by atoms with E-state index in [9.17, 15) is 4.79 Å². The van der Waals surface area contributed by atoms with Crippen LogP contribution >= 0.6 is 11.3 Å². The third kappa shape index (κ3) is 3.02. The lowest BCUT2D eigenvalue weighted by molar-refractivity contribution is 0.0740. The van der Waals surface area contributed by atoms with Gasteiger partial charge in [-0.05, 0) is 29.7 Å². The fourth-order valence-corrected chi connectivity index (χ4v) is 3.30. The van der Waals surface area contributed by atoms with Crippen LogP contribution in [-0.2, 0) is 6.54 Å². The van der Waals surface area contributed by atoms with Crippen molar-refractivity contribution in [3.05, 3.63) is 59.4 Å². The minimum absolute atomic E-state index is 0.0622. The maximum Gasteiger partial charge on any atom is 0.264 e. The van der Waals surface area contributed by atoms with Gasteiger partial charge in [0.2, 0.25) is 0 Å². The highest BCUT2D eigenvalue weighted by Gasteiger charge is 2.19. The Bertz CT molecular complexity index is 782. The van der Waals surface area contributed by atoms with Crippen molar-refractivity contribution in [3.8, 4) is 6.07 Å². The number of hydrogen-bond donors (Lipinski definition) is 0. The van der Waals surface area contributed by atoms with Crippen LogP contribution in [0, 0.1) is 11.3 Å². The van der Waals surface area contributed by atoms with Crippen molar-refractivity contribution in [1.29, 1.82) is 5.26 Å². The number of fused-ring (bicyclic) bond motifs is 1. The van der Waals surface area contributed by atoms with Crippen molar-refractivity contribution < 1.29 is 9.21 Å². The fourth-order valence-electron chi connectivity index (χ4n) is 2.27. The first-order valence-corrected chi connectivity index (χ1v) is 7.77. The molecular formula is C17H14N2O2S. The fraction of sp³-hybridized carbons (Fsp3) is 0.176. The minimum atomic E-state index is -0.0622. The van der Waals surface area contributed by atoms with E-state index >= 15 is 0 Å². The van der Waals surface area contributed by atoms with Crippen LogP contribution in [-0.4, -0.2) is 17.4 Å². The molecular weight excluding hydrogens is 296 g/mol. The average molecular weight is 310 g/mol. The van der Waals surface area contributed by atoms with E-state index in [0.29, 0.717) is 30.1 Å². The number of carbonyl (C=O) groups excluding carboxylic acids is 1. The molecule has 0 fully saturated rings. The molecule has 1 amide bonds. The van der Waals surface area contributed by atoms with Crippen LogP contribution in [0.2, 0.25) is 0 Å². The Balaban J connectivity index is 1.85. The van der Waals surface area contributed by atoms with E-state index in [1.54, 1.807) is 17.2 Å². The first kappa shape index (κ1) is 14.4. The van der Waals surface area contributed by atoms with Gasteiger partial charge in [0.25, 0.3) is 5.91 Å². The van der Waals surface area contributed by atoms with Crippen molar-refractivity contribution in [1.82, 2.24) is 4.90 Å². The van der Waals surface area contributed by atoms with Crippen LogP contribution < -0.4 is 0 Å². The molecule has 2 heterocycles. The van der Waals surface area contributed by atoms with Gasteiger partial charge in [0.1, 0.15) is 5.76 Å². The van der Waals surface area contributed by atoms with Gasteiger partial charge < -0.3 is 9.32 Å². The Morgan fingerprint density at radius 1 is 1.27 bits per heavy atom. The van der Waals surface area contributed by atoms with Crippen LogP contribution in [0.25, 0.3) is 10.1 Å². The number of nitrogens with zero attached hydrogens (tertiary/aromatic N) is 2. The predicted molar refractivity (Wildman–Crippen MR) is 85.5 cm³/mol. The highest BCUT2D eigenvalue weighted by atomic mass is 32.1. The van der Waals surface area contributed by atoms with Crippen molar-refractivity contribution in [2.24, 2.45) is 0 Å². The van der Waals surface area contributed by atoms with E-state index in [1.165, 1.54) is 11.3 Å². The van der Waals surface area contributed by atoms with Crippen molar-refractivity contribution >= 4 is 27.3 Å². The molecule has 0 aliphatic carbocycles. The monoisotopic (exact) mass is 310 g/mol. The van der Waals surface area contributed by atoms with Gasteiger partial charge >= 0.3 is 0 Å². The number of hydrogen-bond acceptors (Lipinski definition) is 4. The number of amides is 1. The molecule has 110 valence electrons. The number of rotatable bonds is 5. The molecule has 0 aliphatic heterocycles. The number of carbonyl (C=O) groups is 1. The van der Waals surface area contributed by atoms with Crippen LogP contribution in [0.15, 0.2) is 53.1 Å². The van der Waals surface area contributed by atoms with Gasteiger partial charge in [0, 0.05) is 11.2 Å². The van der Waals surface area contributed by atoms with Gasteiger partial charge in [-0.2, -0.15) is 5.26 Å². The summed E-state index contributed by atoms with van der Waals surface area (Å²) in [5, 5.41) is 9.86. The van der Waals surface area contributed by atoms with Crippen LogP contribution in [0.1, 0.15) is 21.9 Å². The van der Waals surface area contributed by atoms with Crippen LogP contribution in [0.5, 0.6) is 0 Å². The predicted octanol–water partition coefficient (Wildman–Crippen LogP) is 4.05. The molecule has 3 aromatic rings. The Kier molecular flexibility index (Phi) is 4.22. The standard InChI is InChI=1S/C17H14N2O2S/c18-8-4-9-19(12-14-6-3-10-21-14)17(20)16-11-13-5-1-2-7-15(13)22-16/h1-3,5-7,10-11H,4,9,12H2. The van der Waals surface area contributed by atoms with E-state index in [0.717, 1.165) is 10.1 Å². The molecule has 0 aliphatic rings. The van der Waals surface area contributed by atoms with Gasteiger partial charge in [0.15, 0.2) is 0 Å². The number of benzene rings is 1. The van der Waals surface area contributed by atoms with E-state index in [4.69, 9.17) is 9.68 Å². The van der Waals surface area contributed by atoms with Gasteiger partial charge in [-0.3, -0.25) is 4.79 Å². The summed E-state index contributed by atoms with van der Waals surface area (Å²) in [7, 11) is 0. The molecule has 0 radical (unpaired) electrons.